The van der Waals surface area contributed by atoms with Gasteiger partial charge in [0.1, 0.15) is 11.3 Å². The fourth-order valence-electron chi connectivity index (χ4n) is 3.67. The molecule has 0 N–H and O–H groups in total. The molecule has 1 unspecified atom stereocenters. The highest BCUT2D eigenvalue weighted by Crippen LogP contribution is 2.31. The Hall–Kier alpha value is -3.08. The largest absolute Gasteiger partial charge is 0.497 e. The van der Waals surface area contributed by atoms with Crippen LogP contribution in [-0.2, 0) is 6.42 Å². The van der Waals surface area contributed by atoms with Gasteiger partial charge in [-0.05, 0) is 49.2 Å². The van der Waals surface area contributed by atoms with Crippen molar-refractivity contribution in [1.82, 2.24) is 4.57 Å². The van der Waals surface area contributed by atoms with Crippen LogP contribution in [0.2, 0.25) is 0 Å². The number of hydrogen-bond acceptors (Lipinski definition) is 3. The van der Waals surface area contributed by atoms with Crippen LogP contribution in [-0.4, -0.2) is 24.6 Å². The van der Waals surface area contributed by atoms with E-state index in [1.165, 1.54) is 4.90 Å². The molecule has 0 saturated carbocycles. The van der Waals surface area contributed by atoms with E-state index in [1.807, 2.05) is 12.1 Å². The van der Waals surface area contributed by atoms with E-state index in [-0.39, 0.29) is 22.9 Å². The first kappa shape index (κ1) is 16.4. The normalized spacial score (nSPS) is 15.3. The highest BCUT2D eigenvalue weighted by Gasteiger charge is 2.25. The van der Waals surface area contributed by atoms with Gasteiger partial charge in [0, 0.05) is 30.4 Å². The lowest BCUT2D eigenvalue weighted by molar-refractivity contribution is 0.0991. The summed E-state index contributed by atoms with van der Waals surface area (Å²) in [5.41, 5.74) is 2.81. The lowest BCUT2D eigenvalue weighted by atomic mass is 10.1. The van der Waals surface area contributed by atoms with Crippen LogP contribution < -0.4 is 15.1 Å². The van der Waals surface area contributed by atoms with Gasteiger partial charge >= 0.3 is 0 Å². The van der Waals surface area contributed by atoms with Crippen molar-refractivity contribution in [2.24, 2.45) is 0 Å². The Morgan fingerprint density at radius 1 is 1.19 bits per heavy atom. The number of methoxy groups -OCH3 is 1. The molecule has 1 aliphatic rings. The molecule has 1 amide bonds. The van der Waals surface area contributed by atoms with Crippen LogP contribution in [0.15, 0.2) is 53.5 Å². The zero-order chi connectivity index (χ0) is 18.4. The minimum Gasteiger partial charge on any atom is -0.497 e. The monoisotopic (exact) mass is 348 g/mol. The third kappa shape index (κ3) is 2.39. The summed E-state index contributed by atoms with van der Waals surface area (Å²) < 4.78 is 7.21. The van der Waals surface area contributed by atoms with E-state index in [4.69, 9.17) is 4.74 Å². The Morgan fingerprint density at radius 3 is 2.62 bits per heavy atom. The third-order valence-electron chi connectivity index (χ3n) is 5.12. The van der Waals surface area contributed by atoms with Crippen LogP contribution in [0.25, 0.3) is 10.9 Å². The molecule has 1 aliphatic heterocycles. The Kier molecular flexibility index (Phi) is 3.80. The van der Waals surface area contributed by atoms with E-state index in [1.54, 1.807) is 50.7 Å². The summed E-state index contributed by atoms with van der Waals surface area (Å²) in [6.07, 6.45) is 2.59. The van der Waals surface area contributed by atoms with Crippen LogP contribution in [0, 0.1) is 0 Å². The minimum atomic E-state index is -0.310. The molecule has 132 valence electrons. The average molecular weight is 348 g/mol. The van der Waals surface area contributed by atoms with Gasteiger partial charge in [-0.2, -0.15) is 0 Å². The number of carbonyl (C=O) groups excluding carboxylic acids is 1. The average Bonchev–Trinajstić information content (AvgIpc) is 2.99. The minimum absolute atomic E-state index is 0.196. The second kappa shape index (κ2) is 6.02. The van der Waals surface area contributed by atoms with Gasteiger partial charge in [-0.15, -0.1) is 0 Å². The molecule has 4 rings (SSSR count). The van der Waals surface area contributed by atoms with Gasteiger partial charge < -0.3 is 14.2 Å². The second-order valence-corrected chi connectivity index (χ2v) is 6.71. The number of nitrogens with zero attached hydrogens (tertiary/aromatic N) is 2. The van der Waals surface area contributed by atoms with Crippen LogP contribution >= 0.6 is 0 Å². The molecule has 0 aliphatic carbocycles. The summed E-state index contributed by atoms with van der Waals surface area (Å²) in [7, 11) is 3.27. The lowest BCUT2D eigenvalue weighted by Crippen LogP contribution is -2.31. The molecule has 0 spiro atoms. The van der Waals surface area contributed by atoms with Crippen molar-refractivity contribution in [2.75, 3.05) is 19.1 Å². The van der Waals surface area contributed by atoms with E-state index in [0.29, 0.717) is 11.1 Å². The van der Waals surface area contributed by atoms with Gasteiger partial charge in [0.05, 0.1) is 12.6 Å². The van der Waals surface area contributed by atoms with Crippen LogP contribution in [0.3, 0.4) is 0 Å². The van der Waals surface area contributed by atoms with E-state index < -0.39 is 0 Å². The van der Waals surface area contributed by atoms with Gasteiger partial charge in [-0.3, -0.25) is 9.59 Å². The molecule has 0 saturated heterocycles. The van der Waals surface area contributed by atoms with E-state index >= 15 is 0 Å². The summed E-state index contributed by atoms with van der Waals surface area (Å²) in [5, 5.41) is 0.612. The zero-order valence-corrected chi connectivity index (χ0v) is 15.0. The van der Waals surface area contributed by atoms with Crippen LogP contribution in [0.1, 0.15) is 28.9 Å². The van der Waals surface area contributed by atoms with Crippen LogP contribution in [0.5, 0.6) is 5.75 Å². The smallest absolute Gasteiger partial charge is 0.263 e. The van der Waals surface area contributed by atoms with Gasteiger partial charge in [0.15, 0.2) is 0 Å². The first-order valence-electron chi connectivity index (χ1n) is 8.60. The van der Waals surface area contributed by atoms with Crippen molar-refractivity contribution in [1.29, 1.82) is 0 Å². The fourth-order valence-corrected chi connectivity index (χ4v) is 3.67. The molecule has 1 aromatic heterocycles. The number of rotatable bonds is 3. The van der Waals surface area contributed by atoms with Crippen molar-refractivity contribution < 1.29 is 9.53 Å². The van der Waals surface area contributed by atoms with Gasteiger partial charge in [-0.1, -0.05) is 12.1 Å². The number of anilines is 1. The van der Waals surface area contributed by atoms with Crippen molar-refractivity contribution in [2.45, 2.75) is 19.4 Å². The zero-order valence-electron chi connectivity index (χ0n) is 15.0. The maximum Gasteiger partial charge on any atom is 0.263 e. The number of aromatic nitrogens is 1. The number of hydrogen-bond donors (Lipinski definition) is 0. The SMILES string of the molecule is COc1ccc(N(C)C(=O)c2cn3c4c(cccc4c2=O)CC3C)cc1. The number of ether oxygens (including phenoxy) is 1. The maximum atomic E-state index is 13.0. The number of carbonyl (C=O) groups is 1. The predicted octanol–water partition coefficient (Wildman–Crippen LogP) is 3.40. The maximum absolute atomic E-state index is 13.0. The Labute approximate surface area is 151 Å². The molecule has 5 nitrogen and oxygen atoms in total. The third-order valence-corrected chi connectivity index (χ3v) is 5.12. The standard InChI is InChI=1S/C21H20N2O3/c1-13-11-14-5-4-6-17-19(14)23(13)12-18(20(17)24)21(25)22(2)15-7-9-16(26-3)10-8-15/h4-10,12-13H,11H2,1-3H3. The molecule has 1 atom stereocenters. The van der Waals surface area contributed by atoms with Crippen molar-refractivity contribution in [3.63, 3.8) is 0 Å². The molecular weight excluding hydrogens is 328 g/mol. The van der Waals surface area contributed by atoms with Crippen LogP contribution in [0.4, 0.5) is 5.69 Å². The van der Waals surface area contributed by atoms with Crippen molar-refractivity contribution >= 4 is 22.5 Å². The predicted molar refractivity (Wildman–Crippen MR) is 102 cm³/mol. The number of amides is 1. The fraction of sp³-hybridized carbons (Fsp3) is 0.238. The summed E-state index contributed by atoms with van der Waals surface area (Å²) in [6.45, 7) is 2.10. The Morgan fingerprint density at radius 2 is 1.92 bits per heavy atom. The Bertz CT molecular complexity index is 1070. The second-order valence-electron chi connectivity index (χ2n) is 6.71. The number of para-hydroxylation sites is 1. The molecule has 2 aromatic carbocycles. The summed E-state index contributed by atoms with van der Waals surface area (Å²) >= 11 is 0. The molecular formula is C21H20N2O3. The highest BCUT2D eigenvalue weighted by atomic mass is 16.5. The molecule has 5 heteroatoms. The summed E-state index contributed by atoms with van der Waals surface area (Å²) in [5.74, 6) is 0.408. The molecule has 2 heterocycles. The first-order chi connectivity index (χ1) is 12.5. The topological polar surface area (TPSA) is 51.5 Å². The number of benzene rings is 2. The van der Waals surface area contributed by atoms with Gasteiger partial charge in [0.2, 0.25) is 5.43 Å². The van der Waals surface area contributed by atoms with Crippen molar-refractivity contribution in [3.8, 4) is 5.75 Å². The van der Waals surface area contributed by atoms with Crippen molar-refractivity contribution in [3.05, 3.63) is 70.0 Å². The van der Waals surface area contributed by atoms with E-state index in [2.05, 4.69) is 11.5 Å². The van der Waals surface area contributed by atoms with E-state index in [0.717, 1.165) is 23.3 Å². The summed E-state index contributed by atoms with van der Waals surface area (Å²) in [4.78, 5) is 27.5. The lowest BCUT2D eigenvalue weighted by Gasteiger charge is -2.19. The van der Waals surface area contributed by atoms with E-state index in [9.17, 15) is 9.59 Å². The first-order valence-corrected chi connectivity index (χ1v) is 8.60. The Balaban J connectivity index is 1.81. The molecule has 0 radical (unpaired) electrons. The molecule has 0 bridgehead atoms. The van der Waals surface area contributed by atoms with Gasteiger partial charge in [-0.25, -0.2) is 0 Å². The summed E-state index contributed by atoms with van der Waals surface area (Å²) in [6, 6.07) is 13.2. The molecule has 3 aromatic rings. The highest BCUT2D eigenvalue weighted by molar-refractivity contribution is 6.07. The molecule has 0 fully saturated rings. The quantitative estimate of drug-likeness (QED) is 0.729. The molecule has 26 heavy (non-hydrogen) atoms. The number of pyridine rings is 1. The van der Waals surface area contributed by atoms with Gasteiger partial charge in [0.25, 0.3) is 5.91 Å².